The molecule has 0 atom stereocenters. The van der Waals surface area contributed by atoms with Crippen LogP contribution in [0.2, 0.25) is 0 Å². The van der Waals surface area contributed by atoms with E-state index in [4.69, 9.17) is 4.74 Å². The van der Waals surface area contributed by atoms with Gasteiger partial charge in [0.2, 0.25) is 0 Å². The summed E-state index contributed by atoms with van der Waals surface area (Å²) in [5.74, 6) is -0.237. The minimum atomic E-state index is -0.146. The van der Waals surface area contributed by atoms with Gasteiger partial charge in [-0.2, -0.15) is 0 Å². The number of amides is 1. The van der Waals surface area contributed by atoms with E-state index in [1.54, 1.807) is 11.3 Å². The van der Waals surface area contributed by atoms with Crippen molar-refractivity contribution in [2.75, 3.05) is 19.7 Å². The number of hydrogen-bond donors (Lipinski definition) is 0. The van der Waals surface area contributed by atoms with E-state index in [1.807, 2.05) is 30.0 Å². The number of nitrogens with zero attached hydrogens (tertiary/aromatic N) is 2. The normalized spacial score (nSPS) is 15.0. The number of benzene rings is 1. The van der Waals surface area contributed by atoms with Gasteiger partial charge in [0.25, 0.3) is 5.91 Å². The van der Waals surface area contributed by atoms with Crippen molar-refractivity contribution in [2.24, 2.45) is 5.92 Å². The van der Waals surface area contributed by atoms with Crippen LogP contribution in [0.15, 0.2) is 44.7 Å². The van der Waals surface area contributed by atoms with Crippen molar-refractivity contribution in [3.8, 4) is 0 Å². The lowest BCUT2D eigenvalue weighted by atomic mass is 9.97. The van der Waals surface area contributed by atoms with Gasteiger partial charge in [-0.25, -0.2) is 0 Å². The first-order chi connectivity index (χ1) is 14.5. The quantitative estimate of drug-likeness (QED) is 0.381. The van der Waals surface area contributed by atoms with Crippen molar-refractivity contribution in [2.45, 2.75) is 26.3 Å². The van der Waals surface area contributed by atoms with Gasteiger partial charge in [-0.05, 0) is 59.5 Å². The highest BCUT2D eigenvalue weighted by Crippen LogP contribution is 2.34. The second-order valence-corrected chi connectivity index (χ2v) is 10.0. The van der Waals surface area contributed by atoms with Crippen molar-refractivity contribution in [3.63, 3.8) is 0 Å². The largest absolute Gasteiger partial charge is 0.466 e. The molecule has 3 heterocycles. The minimum absolute atomic E-state index is 0.0183. The lowest BCUT2D eigenvalue weighted by molar-refractivity contribution is -0.149. The Morgan fingerprint density at radius 2 is 1.87 bits per heavy atom. The highest BCUT2D eigenvalue weighted by molar-refractivity contribution is 9.11. The Morgan fingerprint density at radius 3 is 2.53 bits per heavy atom. The zero-order chi connectivity index (χ0) is 21.3. The molecular weight excluding hydrogens is 532 g/mol. The first-order valence-electron chi connectivity index (χ1n) is 9.94. The summed E-state index contributed by atoms with van der Waals surface area (Å²) in [6, 6.07) is 10.1. The molecule has 1 aliphatic heterocycles. The molecule has 1 saturated heterocycles. The Kier molecular flexibility index (Phi) is 6.65. The van der Waals surface area contributed by atoms with Crippen LogP contribution in [0.1, 0.15) is 35.8 Å². The fourth-order valence-corrected chi connectivity index (χ4v) is 5.84. The van der Waals surface area contributed by atoms with E-state index < -0.39 is 0 Å². The van der Waals surface area contributed by atoms with Crippen LogP contribution in [0.5, 0.6) is 0 Å². The summed E-state index contributed by atoms with van der Waals surface area (Å²) < 4.78 is 10.4. The molecule has 0 radical (unpaired) electrons. The first kappa shape index (κ1) is 21.6. The molecule has 0 unspecified atom stereocenters. The lowest BCUT2D eigenvalue weighted by Gasteiger charge is -2.31. The van der Waals surface area contributed by atoms with E-state index in [0.717, 1.165) is 24.7 Å². The maximum Gasteiger partial charge on any atom is 0.309 e. The average molecular weight is 554 g/mol. The molecule has 1 aromatic carbocycles. The monoisotopic (exact) mass is 552 g/mol. The van der Waals surface area contributed by atoms with E-state index in [1.165, 1.54) is 0 Å². The maximum absolute atomic E-state index is 13.4. The molecule has 5 nitrogen and oxygen atoms in total. The van der Waals surface area contributed by atoms with Crippen LogP contribution in [-0.2, 0) is 16.1 Å². The Hall–Kier alpha value is -1.64. The fraction of sp³-hybridized carbons (Fsp3) is 0.364. The molecule has 158 valence electrons. The van der Waals surface area contributed by atoms with Gasteiger partial charge in [-0.15, -0.1) is 11.3 Å². The number of halogens is 2. The molecule has 0 aliphatic carbocycles. The summed E-state index contributed by atoms with van der Waals surface area (Å²) in [4.78, 5) is 27.3. The van der Waals surface area contributed by atoms with Crippen molar-refractivity contribution in [3.05, 3.63) is 55.9 Å². The predicted octanol–water partition coefficient (Wildman–Crippen LogP) is 5.69. The van der Waals surface area contributed by atoms with E-state index in [2.05, 4.69) is 53.9 Å². The van der Waals surface area contributed by atoms with Gasteiger partial charge in [0.1, 0.15) is 5.69 Å². The van der Waals surface area contributed by atoms with Crippen LogP contribution in [0.3, 0.4) is 0 Å². The molecule has 4 rings (SSSR count). The predicted molar refractivity (Wildman–Crippen MR) is 126 cm³/mol. The molecule has 0 N–H and O–H groups in total. The molecule has 0 saturated carbocycles. The third-order valence-electron chi connectivity index (χ3n) is 5.45. The van der Waals surface area contributed by atoms with Crippen molar-refractivity contribution >= 4 is 65.3 Å². The number of ether oxygens (including phenoxy) is 1. The highest BCUT2D eigenvalue weighted by Gasteiger charge is 2.30. The van der Waals surface area contributed by atoms with Crippen LogP contribution in [-0.4, -0.2) is 41.0 Å². The molecule has 3 aromatic rings. The Labute approximate surface area is 196 Å². The van der Waals surface area contributed by atoms with Gasteiger partial charge in [0, 0.05) is 29.5 Å². The Balaban J connectivity index is 1.58. The number of fused-ring (bicyclic) bond motifs is 1. The third-order valence-corrected chi connectivity index (χ3v) is 7.81. The van der Waals surface area contributed by atoms with Gasteiger partial charge in [-0.3, -0.25) is 9.59 Å². The smallest absolute Gasteiger partial charge is 0.309 e. The summed E-state index contributed by atoms with van der Waals surface area (Å²) in [7, 11) is 0. The van der Waals surface area contributed by atoms with Crippen molar-refractivity contribution in [1.82, 2.24) is 9.47 Å². The molecule has 2 aromatic heterocycles. The topological polar surface area (TPSA) is 51.5 Å². The highest BCUT2D eigenvalue weighted by atomic mass is 79.9. The summed E-state index contributed by atoms with van der Waals surface area (Å²) >= 11 is 8.75. The van der Waals surface area contributed by atoms with Crippen LogP contribution in [0, 0.1) is 5.92 Å². The maximum atomic E-state index is 13.4. The summed E-state index contributed by atoms with van der Waals surface area (Å²) in [5, 5.41) is 2.06. The summed E-state index contributed by atoms with van der Waals surface area (Å²) in [6.07, 6.45) is 1.30. The zero-order valence-corrected chi connectivity index (χ0v) is 20.6. The van der Waals surface area contributed by atoms with Crippen LogP contribution in [0.25, 0.3) is 10.2 Å². The van der Waals surface area contributed by atoms with Gasteiger partial charge >= 0.3 is 5.97 Å². The van der Waals surface area contributed by atoms with Gasteiger partial charge < -0.3 is 14.2 Å². The number of piperidine rings is 1. The molecule has 0 bridgehead atoms. The minimum Gasteiger partial charge on any atom is -0.466 e. The number of hydrogen-bond acceptors (Lipinski definition) is 4. The standard InChI is InChI=1S/C22H22Br2N2O3S/c1-2-29-22(28)15-7-9-25(10-8-15)21(27)18-11-19-20(17(24)13-30-19)26(18)12-14-3-5-16(23)6-4-14/h3-6,11,13,15H,2,7-10,12H2,1H3. The molecule has 0 spiro atoms. The summed E-state index contributed by atoms with van der Waals surface area (Å²) in [5.41, 5.74) is 2.87. The summed E-state index contributed by atoms with van der Waals surface area (Å²) in [6.45, 7) is 3.97. The van der Waals surface area contributed by atoms with Gasteiger partial charge in [0.15, 0.2) is 0 Å². The Bertz CT molecular complexity index is 1070. The number of carbonyl (C=O) groups is 2. The molecule has 1 amide bonds. The van der Waals surface area contributed by atoms with Crippen molar-refractivity contribution in [1.29, 1.82) is 0 Å². The second kappa shape index (κ2) is 9.24. The third kappa shape index (κ3) is 4.36. The first-order valence-corrected chi connectivity index (χ1v) is 12.4. The van der Waals surface area contributed by atoms with E-state index in [9.17, 15) is 9.59 Å². The van der Waals surface area contributed by atoms with E-state index in [-0.39, 0.29) is 17.8 Å². The number of rotatable bonds is 5. The van der Waals surface area contributed by atoms with Crippen LogP contribution >= 0.6 is 43.2 Å². The second-order valence-electron chi connectivity index (χ2n) is 7.36. The lowest BCUT2D eigenvalue weighted by Crippen LogP contribution is -2.41. The molecule has 1 fully saturated rings. The number of carbonyl (C=O) groups excluding carboxylic acids is 2. The van der Waals surface area contributed by atoms with Crippen LogP contribution < -0.4 is 0 Å². The van der Waals surface area contributed by atoms with Crippen LogP contribution in [0.4, 0.5) is 0 Å². The molecule has 8 heteroatoms. The zero-order valence-electron chi connectivity index (χ0n) is 16.6. The average Bonchev–Trinajstić information content (AvgIpc) is 3.29. The number of thiophene rings is 1. The molecule has 30 heavy (non-hydrogen) atoms. The number of esters is 1. The number of likely N-dealkylation sites (tertiary alicyclic amines) is 1. The van der Waals surface area contributed by atoms with E-state index in [0.29, 0.717) is 44.8 Å². The van der Waals surface area contributed by atoms with Crippen molar-refractivity contribution < 1.29 is 14.3 Å². The molecular formula is C22H22Br2N2O3S. The van der Waals surface area contributed by atoms with Gasteiger partial charge in [-0.1, -0.05) is 28.1 Å². The number of aromatic nitrogens is 1. The SMILES string of the molecule is CCOC(=O)C1CCN(C(=O)c2cc3scc(Br)c3n2Cc2ccc(Br)cc2)CC1. The van der Waals surface area contributed by atoms with Gasteiger partial charge in [0.05, 0.1) is 27.2 Å². The fourth-order valence-electron chi connectivity index (χ4n) is 3.89. The van der Waals surface area contributed by atoms with E-state index >= 15 is 0 Å². The Morgan fingerprint density at radius 1 is 1.17 bits per heavy atom. The molecule has 1 aliphatic rings.